The van der Waals surface area contributed by atoms with Gasteiger partial charge in [0.05, 0.1) is 22.3 Å². The van der Waals surface area contributed by atoms with E-state index < -0.39 is 0 Å². The minimum absolute atomic E-state index is 0.613. The van der Waals surface area contributed by atoms with Crippen LogP contribution in [0.25, 0.3) is 10.9 Å². The molecule has 0 N–H and O–H groups in total. The minimum atomic E-state index is 0.613. The van der Waals surface area contributed by atoms with Gasteiger partial charge in [0.2, 0.25) is 0 Å². The van der Waals surface area contributed by atoms with Crippen LogP contribution in [0.5, 0.6) is 5.75 Å². The number of hydrogen-bond acceptors (Lipinski definition) is 4. The quantitative estimate of drug-likeness (QED) is 0.521. The number of halogens is 2. The van der Waals surface area contributed by atoms with Crippen molar-refractivity contribution in [2.45, 2.75) is 6.42 Å². The fourth-order valence-electron chi connectivity index (χ4n) is 3.61. The summed E-state index contributed by atoms with van der Waals surface area (Å²) in [5, 5.41) is 2.37. The van der Waals surface area contributed by atoms with Crippen LogP contribution in [-0.2, 0) is 0 Å². The number of anilines is 1. The van der Waals surface area contributed by atoms with Crippen LogP contribution in [0.15, 0.2) is 54.7 Å². The molecule has 2 heterocycles. The second-order valence-corrected chi connectivity index (χ2v) is 7.72. The topological polar surface area (TPSA) is 28.6 Å². The monoisotopic (exact) mass is 415 g/mol. The van der Waals surface area contributed by atoms with Crippen molar-refractivity contribution in [3.8, 4) is 5.75 Å². The Morgan fingerprint density at radius 1 is 0.929 bits per heavy atom. The highest BCUT2D eigenvalue weighted by molar-refractivity contribution is 6.43. The van der Waals surface area contributed by atoms with Crippen molar-refractivity contribution in [2.75, 3.05) is 44.2 Å². The van der Waals surface area contributed by atoms with E-state index in [0.29, 0.717) is 16.7 Å². The number of pyridine rings is 1. The summed E-state index contributed by atoms with van der Waals surface area (Å²) in [5.41, 5.74) is 1.96. The van der Waals surface area contributed by atoms with Gasteiger partial charge in [0.25, 0.3) is 0 Å². The van der Waals surface area contributed by atoms with E-state index >= 15 is 0 Å². The molecule has 0 saturated carbocycles. The van der Waals surface area contributed by atoms with Crippen LogP contribution in [0, 0.1) is 0 Å². The number of ether oxygens (including phenoxy) is 1. The van der Waals surface area contributed by atoms with E-state index in [9.17, 15) is 0 Å². The molecule has 146 valence electrons. The Morgan fingerprint density at radius 2 is 1.71 bits per heavy atom. The van der Waals surface area contributed by atoms with Crippen LogP contribution in [0.4, 0.5) is 5.69 Å². The van der Waals surface area contributed by atoms with Gasteiger partial charge in [0, 0.05) is 44.3 Å². The summed E-state index contributed by atoms with van der Waals surface area (Å²) >= 11 is 12.5. The van der Waals surface area contributed by atoms with Crippen molar-refractivity contribution in [3.05, 3.63) is 64.8 Å². The van der Waals surface area contributed by atoms with E-state index in [1.165, 1.54) is 0 Å². The summed E-state index contributed by atoms with van der Waals surface area (Å²) in [6.45, 7) is 5.64. The van der Waals surface area contributed by atoms with Gasteiger partial charge in [0.15, 0.2) is 0 Å². The fraction of sp³-hybridized carbons (Fsp3) is 0.318. The highest BCUT2D eigenvalue weighted by Gasteiger charge is 2.19. The second-order valence-electron chi connectivity index (χ2n) is 6.93. The van der Waals surface area contributed by atoms with Crippen LogP contribution in [0.2, 0.25) is 10.0 Å². The van der Waals surface area contributed by atoms with Crippen molar-refractivity contribution in [1.29, 1.82) is 0 Å². The standard InChI is InChI=1S/C22H23Cl2N3O/c23-18-7-2-8-19(21(18)24)27-14-12-26(13-15-27)11-4-16-28-20-9-1-5-17-6-3-10-25-22(17)20/h1-3,5-10H,4,11-16H2. The average molecular weight is 416 g/mol. The Bertz CT molecular complexity index is 937. The SMILES string of the molecule is Clc1cccc(N2CCN(CCCOc3cccc4cccnc34)CC2)c1Cl. The molecule has 0 bridgehead atoms. The summed E-state index contributed by atoms with van der Waals surface area (Å²) in [6, 6.07) is 15.9. The summed E-state index contributed by atoms with van der Waals surface area (Å²) in [5.74, 6) is 0.860. The molecule has 6 heteroatoms. The number of nitrogens with zero attached hydrogens (tertiary/aromatic N) is 3. The Kier molecular flexibility index (Phi) is 6.20. The number of rotatable bonds is 6. The van der Waals surface area contributed by atoms with Gasteiger partial charge in [-0.15, -0.1) is 0 Å². The molecule has 0 atom stereocenters. The zero-order valence-electron chi connectivity index (χ0n) is 15.7. The molecular formula is C22H23Cl2N3O. The Morgan fingerprint density at radius 3 is 2.57 bits per heavy atom. The van der Waals surface area contributed by atoms with Gasteiger partial charge in [0.1, 0.15) is 11.3 Å². The van der Waals surface area contributed by atoms with Crippen molar-refractivity contribution in [3.63, 3.8) is 0 Å². The van der Waals surface area contributed by atoms with Crippen molar-refractivity contribution in [2.24, 2.45) is 0 Å². The Labute approximate surface area is 175 Å². The third-order valence-electron chi connectivity index (χ3n) is 5.12. The maximum absolute atomic E-state index is 6.36. The molecule has 28 heavy (non-hydrogen) atoms. The molecule has 0 amide bonds. The number of fused-ring (bicyclic) bond motifs is 1. The molecule has 1 aromatic heterocycles. The maximum Gasteiger partial charge on any atom is 0.145 e. The largest absolute Gasteiger partial charge is 0.491 e. The van der Waals surface area contributed by atoms with Crippen LogP contribution in [0.1, 0.15) is 6.42 Å². The van der Waals surface area contributed by atoms with Gasteiger partial charge >= 0.3 is 0 Å². The van der Waals surface area contributed by atoms with E-state index in [1.807, 2.05) is 36.4 Å². The molecule has 4 nitrogen and oxygen atoms in total. The number of piperazine rings is 1. The zero-order valence-corrected chi connectivity index (χ0v) is 17.2. The van der Waals surface area contributed by atoms with Gasteiger partial charge in [-0.1, -0.05) is 47.5 Å². The smallest absolute Gasteiger partial charge is 0.145 e. The lowest BCUT2D eigenvalue weighted by Crippen LogP contribution is -2.46. The molecule has 0 unspecified atom stereocenters. The first-order chi connectivity index (χ1) is 13.7. The third kappa shape index (κ3) is 4.35. The maximum atomic E-state index is 6.36. The molecule has 1 fully saturated rings. The second kappa shape index (κ2) is 8.99. The first-order valence-electron chi connectivity index (χ1n) is 9.60. The van der Waals surface area contributed by atoms with Crippen molar-refractivity contribution >= 4 is 39.8 Å². The van der Waals surface area contributed by atoms with E-state index in [2.05, 4.69) is 26.9 Å². The highest BCUT2D eigenvalue weighted by atomic mass is 35.5. The van der Waals surface area contributed by atoms with Crippen molar-refractivity contribution in [1.82, 2.24) is 9.88 Å². The molecule has 1 aliphatic heterocycles. The van der Waals surface area contributed by atoms with Gasteiger partial charge in [-0.25, -0.2) is 0 Å². The zero-order chi connectivity index (χ0) is 19.3. The van der Waals surface area contributed by atoms with Crippen LogP contribution < -0.4 is 9.64 Å². The predicted octanol–water partition coefficient (Wildman–Crippen LogP) is 5.13. The molecule has 3 aromatic rings. The third-order valence-corrected chi connectivity index (χ3v) is 5.93. The normalized spacial score (nSPS) is 15.1. The molecule has 0 radical (unpaired) electrons. The molecular weight excluding hydrogens is 393 g/mol. The van der Waals surface area contributed by atoms with Gasteiger partial charge < -0.3 is 9.64 Å². The molecule has 0 spiro atoms. The van der Waals surface area contributed by atoms with E-state index in [-0.39, 0.29) is 0 Å². The van der Waals surface area contributed by atoms with Gasteiger partial charge in [-0.2, -0.15) is 0 Å². The predicted molar refractivity (Wildman–Crippen MR) is 117 cm³/mol. The lowest BCUT2D eigenvalue weighted by atomic mass is 10.2. The number of aromatic nitrogens is 1. The lowest BCUT2D eigenvalue weighted by Gasteiger charge is -2.36. The van der Waals surface area contributed by atoms with E-state index in [1.54, 1.807) is 6.20 Å². The Hall–Kier alpha value is -2.01. The van der Waals surface area contributed by atoms with E-state index in [4.69, 9.17) is 27.9 Å². The van der Waals surface area contributed by atoms with Gasteiger partial charge in [-0.3, -0.25) is 9.88 Å². The summed E-state index contributed by atoms with van der Waals surface area (Å²) < 4.78 is 6.00. The van der Waals surface area contributed by atoms with Crippen LogP contribution in [-0.4, -0.2) is 49.2 Å². The molecule has 1 saturated heterocycles. The number of hydrogen-bond donors (Lipinski definition) is 0. The van der Waals surface area contributed by atoms with Crippen LogP contribution in [0.3, 0.4) is 0 Å². The number of para-hydroxylation sites is 1. The van der Waals surface area contributed by atoms with Crippen LogP contribution >= 0.6 is 23.2 Å². The van der Waals surface area contributed by atoms with E-state index in [0.717, 1.165) is 61.5 Å². The molecule has 0 aliphatic carbocycles. The molecule has 2 aromatic carbocycles. The minimum Gasteiger partial charge on any atom is -0.491 e. The summed E-state index contributed by atoms with van der Waals surface area (Å²) in [4.78, 5) is 9.22. The molecule has 1 aliphatic rings. The lowest BCUT2D eigenvalue weighted by molar-refractivity contribution is 0.225. The average Bonchev–Trinajstić information content (AvgIpc) is 2.74. The van der Waals surface area contributed by atoms with Gasteiger partial charge in [-0.05, 0) is 30.7 Å². The Balaban J connectivity index is 1.24. The first kappa shape index (κ1) is 19.3. The first-order valence-corrected chi connectivity index (χ1v) is 10.4. The highest BCUT2D eigenvalue weighted by Crippen LogP contribution is 2.32. The summed E-state index contributed by atoms with van der Waals surface area (Å²) in [7, 11) is 0. The number of benzene rings is 2. The van der Waals surface area contributed by atoms with Crippen molar-refractivity contribution < 1.29 is 4.74 Å². The summed E-state index contributed by atoms with van der Waals surface area (Å²) in [6.07, 6.45) is 2.79. The fourth-order valence-corrected chi connectivity index (χ4v) is 4.03. The molecule has 4 rings (SSSR count).